The van der Waals surface area contributed by atoms with E-state index in [-0.39, 0.29) is 5.41 Å². The summed E-state index contributed by atoms with van der Waals surface area (Å²) in [6.45, 7) is 7.01. The fraction of sp³-hybridized carbons (Fsp3) is 0.800. The number of rotatable bonds is 24. The molecule has 37 heavy (non-hydrogen) atoms. The Labute approximate surface area is 231 Å². The van der Waals surface area contributed by atoms with Crippen LogP contribution in [0.25, 0.3) is 0 Å². The Hall–Kier alpha value is -1.31. The van der Waals surface area contributed by atoms with Crippen LogP contribution in [-0.4, -0.2) is 9.55 Å². The van der Waals surface area contributed by atoms with E-state index in [9.17, 15) is 0 Å². The second kappa shape index (κ2) is 20.6. The van der Waals surface area contributed by atoms with Crippen LogP contribution in [0.4, 0.5) is 0 Å². The smallest absolute Gasteiger partial charge is 0.109 e. The van der Waals surface area contributed by atoms with Gasteiger partial charge in [-0.2, -0.15) is 0 Å². The van der Waals surface area contributed by atoms with Crippen molar-refractivity contribution in [1.82, 2.24) is 9.55 Å². The van der Waals surface area contributed by atoms with E-state index in [0.29, 0.717) is 6.04 Å². The minimum Gasteiger partial charge on any atom is -0.332 e. The highest BCUT2D eigenvalue weighted by atomic mass is 15.1. The molecule has 0 radical (unpaired) electrons. The molecule has 0 saturated heterocycles. The maximum Gasteiger partial charge on any atom is 0.109 e. The van der Waals surface area contributed by atoms with E-state index in [1.807, 2.05) is 6.20 Å². The molecule has 0 saturated carbocycles. The van der Waals surface area contributed by atoms with E-state index in [0.717, 1.165) is 12.8 Å². The molecule has 0 N–H and O–H groups in total. The fourth-order valence-corrected chi connectivity index (χ4v) is 6.16. The molecule has 2 unspecified atom stereocenters. The second-order valence-electron chi connectivity index (χ2n) is 12.2. The summed E-state index contributed by atoms with van der Waals surface area (Å²) in [4.78, 5) is 4.85. The topological polar surface area (TPSA) is 17.8 Å². The lowest BCUT2D eigenvalue weighted by atomic mass is 9.74. The molecule has 1 aromatic heterocycles. The number of aromatic nitrogens is 2. The summed E-state index contributed by atoms with van der Waals surface area (Å²) in [5.41, 5.74) is 0.264. The van der Waals surface area contributed by atoms with E-state index >= 15 is 0 Å². The van der Waals surface area contributed by atoms with Crippen LogP contribution < -0.4 is 0 Å². The lowest BCUT2D eigenvalue weighted by Gasteiger charge is -2.32. The van der Waals surface area contributed by atoms with E-state index in [2.05, 4.69) is 55.8 Å². The number of nitrogens with zero attached hydrogens (tertiary/aromatic N) is 2. The molecule has 2 nitrogen and oxygen atoms in total. The number of unbranched alkanes of at least 4 members (excludes halogenated alkanes) is 17. The molecule has 0 amide bonds. The van der Waals surface area contributed by atoms with Crippen molar-refractivity contribution in [3.05, 3.63) is 42.5 Å². The van der Waals surface area contributed by atoms with Gasteiger partial charge in [-0.1, -0.05) is 160 Å². The average Bonchev–Trinajstić information content (AvgIpc) is 3.37. The maximum atomic E-state index is 4.85. The average molecular weight is 511 g/mol. The van der Waals surface area contributed by atoms with Crippen molar-refractivity contribution in [1.29, 1.82) is 0 Å². The highest BCUT2D eigenvalue weighted by Crippen LogP contribution is 2.38. The van der Waals surface area contributed by atoms with Crippen LogP contribution in [0, 0.1) is 5.41 Å². The van der Waals surface area contributed by atoms with Crippen molar-refractivity contribution in [2.75, 3.05) is 0 Å². The molecule has 2 rings (SSSR count). The Morgan fingerprint density at radius 1 is 0.730 bits per heavy atom. The molecule has 1 aliphatic rings. The van der Waals surface area contributed by atoms with Crippen LogP contribution in [0.1, 0.15) is 174 Å². The summed E-state index contributed by atoms with van der Waals surface area (Å²) in [6.07, 6.45) is 45.3. The molecule has 0 spiro atoms. The lowest BCUT2D eigenvalue weighted by molar-refractivity contribution is 0.315. The van der Waals surface area contributed by atoms with Gasteiger partial charge >= 0.3 is 0 Å². The number of hydrogen-bond acceptors (Lipinski definition) is 1. The zero-order chi connectivity index (χ0) is 26.4. The maximum absolute atomic E-state index is 4.85. The first kappa shape index (κ1) is 31.9. The molecule has 1 aromatic rings. The second-order valence-corrected chi connectivity index (χ2v) is 12.2. The zero-order valence-corrected chi connectivity index (χ0v) is 25.2. The summed E-state index contributed by atoms with van der Waals surface area (Å²) >= 11 is 0. The predicted molar refractivity (Wildman–Crippen MR) is 164 cm³/mol. The van der Waals surface area contributed by atoms with Crippen molar-refractivity contribution in [2.45, 2.75) is 174 Å². The van der Waals surface area contributed by atoms with Gasteiger partial charge in [-0.05, 0) is 31.6 Å². The van der Waals surface area contributed by atoms with Crippen LogP contribution in [0.3, 0.4) is 0 Å². The van der Waals surface area contributed by atoms with Gasteiger partial charge in [0.15, 0.2) is 0 Å². The molecule has 1 aliphatic carbocycles. The molecule has 0 aliphatic heterocycles. The number of imidazole rings is 1. The summed E-state index contributed by atoms with van der Waals surface area (Å²) < 4.78 is 2.49. The summed E-state index contributed by atoms with van der Waals surface area (Å²) in [7, 11) is 0. The molecule has 0 bridgehead atoms. The third-order valence-corrected chi connectivity index (χ3v) is 8.71. The first-order valence-corrected chi connectivity index (χ1v) is 16.6. The standard InChI is InChI=1S/C35H62N2/c1-4-6-8-10-11-12-13-14-15-16-17-18-19-20-22-26-33(3)37-31-30-36-34(37)32-35(27-23-9-7-5-2)28-24-21-25-29-35/h21,24-25,28,30-31,33H,4-20,22-23,26-27,29,32H2,1-3H3. The van der Waals surface area contributed by atoms with Gasteiger partial charge in [-0.25, -0.2) is 4.98 Å². The summed E-state index contributed by atoms with van der Waals surface area (Å²) in [6, 6.07) is 0.555. The lowest BCUT2D eigenvalue weighted by Crippen LogP contribution is -2.25. The molecule has 0 fully saturated rings. The minimum absolute atomic E-state index is 0.264. The Morgan fingerprint density at radius 2 is 1.27 bits per heavy atom. The van der Waals surface area contributed by atoms with Gasteiger partial charge in [-0.3, -0.25) is 0 Å². The van der Waals surface area contributed by atoms with Crippen molar-refractivity contribution >= 4 is 0 Å². The molecule has 212 valence electrons. The van der Waals surface area contributed by atoms with E-state index in [1.54, 1.807) is 0 Å². The molecule has 0 aromatic carbocycles. The highest BCUT2D eigenvalue weighted by molar-refractivity contribution is 5.19. The van der Waals surface area contributed by atoms with Gasteiger partial charge in [0.25, 0.3) is 0 Å². The number of allylic oxidation sites excluding steroid dienone is 4. The van der Waals surface area contributed by atoms with Crippen LogP contribution in [0.5, 0.6) is 0 Å². The molecule has 2 heteroatoms. The summed E-state index contributed by atoms with van der Waals surface area (Å²) in [5, 5.41) is 0. The van der Waals surface area contributed by atoms with E-state index < -0.39 is 0 Å². The third kappa shape index (κ3) is 13.9. The minimum atomic E-state index is 0.264. The highest BCUT2D eigenvalue weighted by Gasteiger charge is 2.29. The molecule has 1 heterocycles. The van der Waals surface area contributed by atoms with Crippen molar-refractivity contribution in [3.8, 4) is 0 Å². The monoisotopic (exact) mass is 510 g/mol. The number of hydrogen-bond donors (Lipinski definition) is 0. The van der Waals surface area contributed by atoms with Gasteiger partial charge in [-0.15, -0.1) is 0 Å². The van der Waals surface area contributed by atoms with Gasteiger partial charge in [0.2, 0.25) is 0 Å². The normalized spacial score (nSPS) is 18.0. The Kier molecular flexibility index (Phi) is 17.8. The van der Waals surface area contributed by atoms with E-state index in [1.165, 1.54) is 141 Å². The third-order valence-electron chi connectivity index (χ3n) is 8.71. The molecule has 2 atom stereocenters. The summed E-state index contributed by atoms with van der Waals surface area (Å²) in [5.74, 6) is 1.30. The Bertz CT molecular complexity index is 715. The van der Waals surface area contributed by atoms with Gasteiger partial charge in [0.1, 0.15) is 5.82 Å². The first-order valence-electron chi connectivity index (χ1n) is 16.6. The van der Waals surface area contributed by atoms with Gasteiger partial charge in [0, 0.05) is 24.9 Å². The van der Waals surface area contributed by atoms with Crippen LogP contribution in [-0.2, 0) is 6.42 Å². The van der Waals surface area contributed by atoms with Crippen molar-refractivity contribution in [2.24, 2.45) is 5.41 Å². The Morgan fingerprint density at radius 3 is 1.81 bits per heavy atom. The predicted octanol–water partition coefficient (Wildman–Crippen LogP) is 11.7. The quantitative estimate of drug-likeness (QED) is 0.126. The zero-order valence-electron chi connectivity index (χ0n) is 25.2. The van der Waals surface area contributed by atoms with Gasteiger partial charge in [0.05, 0.1) is 0 Å². The molecular formula is C35H62N2. The van der Waals surface area contributed by atoms with Crippen LogP contribution in [0.15, 0.2) is 36.7 Å². The van der Waals surface area contributed by atoms with Crippen molar-refractivity contribution in [3.63, 3.8) is 0 Å². The largest absolute Gasteiger partial charge is 0.332 e. The SMILES string of the molecule is CCCCCCCCCCCCCCCCCC(C)n1ccnc1CC1(CCCCCC)C=CC=CC1. The Balaban J connectivity index is 1.57. The van der Waals surface area contributed by atoms with E-state index in [4.69, 9.17) is 4.98 Å². The van der Waals surface area contributed by atoms with Crippen molar-refractivity contribution < 1.29 is 0 Å². The fourth-order valence-electron chi connectivity index (χ4n) is 6.16. The van der Waals surface area contributed by atoms with Gasteiger partial charge < -0.3 is 4.57 Å². The van der Waals surface area contributed by atoms with Crippen LogP contribution >= 0.6 is 0 Å². The first-order chi connectivity index (χ1) is 18.2. The molecular weight excluding hydrogens is 448 g/mol. The van der Waals surface area contributed by atoms with Crippen LogP contribution in [0.2, 0.25) is 0 Å².